The molecule has 1 atom stereocenters. The van der Waals surface area contributed by atoms with E-state index in [9.17, 15) is 9.59 Å². The third-order valence-corrected chi connectivity index (χ3v) is 3.30. The van der Waals surface area contributed by atoms with Crippen LogP contribution in [0.3, 0.4) is 0 Å². The van der Waals surface area contributed by atoms with Gasteiger partial charge in [-0.15, -0.1) is 0 Å². The molecule has 0 bridgehead atoms. The second-order valence-electron chi connectivity index (χ2n) is 3.42. The van der Waals surface area contributed by atoms with E-state index >= 15 is 0 Å². The maximum atomic E-state index is 11.5. The number of carbonyl (C=O) groups is 2. The Kier molecular flexibility index (Phi) is 3.36. The summed E-state index contributed by atoms with van der Waals surface area (Å²) in [5.41, 5.74) is -0.523. The van der Waals surface area contributed by atoms with Crippen molar-refractivity contribution in [2.45, 2.75) is 19.3 Å². The molecule has 0 aliphatic heterocycles. The van der Waals surface area contributed by atoms with Gasteiger partial charge in [-0.2, -0.15) is 11.8 Å². The number of ketones is 1. The van der Waals surface area contributed by atoms with Gasteiger partial charge in [-0.3, -0.25) is 9.59 Å². The normalized spacial score (nSPS) is 27.7. The van der Waals surface area contributed by atoms with Crippen molar-refractivity contribution in [1.82, 2.24) is 0 Å². The van der Waals surface area contributed by atoms with Crippen molar-refractivity contribution >= 4 is 23.5 Å². The molecular weight excluding hydrogens is 188 g/mol. The van der Waals surface area contributed by atoms with Gasteiger partial charge in [-0.05, 0) is 12.7 Å². The van der Waals surface area contributed by atoms with E-state index in [1.54, 1.807) is 11.8 Å². The maximum absolute atomic E-state index is 11.5. The summed E-state index contributed by atoms with van der Waals surface area (Å²) in [6.07, 6.45) is 3.48. The average Bonchev–Trinajstić information content (AvgIpc) is 2.48. The monoisotopic (exact) mass is 202 g/mol. The zero-order chi connectivity index (χ0) is 9.90. The van der Waals surface area contributed by atoms with Gasteiger partial charge in [0.05, 0.1) is 12.5 Å². The van der Waals surface area contributed by atoms with Crippen molar-refractivity contribution in [3.63, 3.8) is 0 Å². The molecule has 1 aliphatic rings. The highest BCUT2D eigenvalue weighted by Crippen LogP contribution is 2.39. The molecule has 0 amide bonds. The maximum Gasteiger partial charge on any atom is 0.313 e. The first-order valence-corrected chi connectivity index (χ1v) is 5.63. The van der Waals surface area contributed by atoms with Gasteiger partial charge < -0.3 is 4.74 Å². The minimum Gasteiger partial charge on any atom is -0.469 e. The number of methoxy groups -OCH3 is 1. The topological polar surface area (TPSA) is 43.4 Å². The summed E-state index contributed by atoms with van der Waals surface area (Å²) in [4.78, 5) is 22.6. The Hall–Kier alpha value is -0.510. The Morgan fingerprint density at radius 3 is 2.77 bits per heavy atom. The fourth-order valence-electron chi connectivity index (χ4n) is 1.78. The van der Waals surface area contributed by atoms with E-state index in [1.165, 1.54) is 7.11 Å². The van der Waals surface area contributed by atoms with Crippen molar-refractivity contribution in [2.75, 3.05) is 19.1 Å². The molecule has 13 heavy (non-hydrogen) atoms. The number of rotatable bonds is 3. The molecule has 0 heterocycles. The lowest BCUT2D eigenvalue weighted by molar-refractivity contribution is -0.151. The molecule has 0 N–H and O–H groups in total. The summed E-state index contributed by atoms with van der Waals surface area (Å²) in [5.74, 6) is 0.637. The van der Waals surface area contributed by atoms with Gasteiger partial charge in [-0.25, -0.2) is 0 Å². The summed E-state index contributed by atoms with van der Waals surface area (Å²) in [5, 5.41) is 0. The summed E-state index contributed by atoms with van der Waals surface area (Å²) in [7, 11) is 1.38. The zero-order valence-corrected chi connectivity index (χ0v) is 8.78. The molecule has 0 aromatic carbocycles. The van der Waals surface area contributed by atoms with Gasteiger partial charge in [0.2, 0.25) is 0 Å². The molecule has 1 fully saturated rings. The minimum absolute atomic E-state index is 0.180. The van der Waals surface area contributed by atoms with Crippen LogP contribution in [0.25, 0.3) is 0 Å². The molecule has 1 rings (SSSR count). The fourth-order valence-corrected chi connectivity index (χ4v) is 2.70. The number of hydrogen-bond acceptors (Lipinski definition) is 4. The van der Waals surface area contributed by atoms with Crippen molar-refractivity contribution in [2.24, 2.45) is 5.41 Å². The predicted molar refractivity (Wildman–Crippen MR) is 51.7 cm³/mol. The smallest absolute Gasteiger partial charge is 0.313 e. The molecule has 4 heteroatoms. The van der Waals surface area contributed by atoms with Gasteiger partial charge >= 0.3 is 5.97 Å². The van der Waals surface area contributed by atoms with Crippen LogP contribution in [-0.2, 0) is 14.3 Å². The summed E-state index contributed by atoms with van der Waals surface area (Å²) in [6.45, 7) is 0. The van der Waals surface area contributed by atoms with E-state index in [2.05, 4.69) is 0 Å². The van der Waals surface area contributed by atoms with E-state index in [-0.39, 0.29) is 11.8 Å². The Balaban J connectivity index is 2.76. The highest BCUT2D eigenvalue weighted by atomic mass is 32.2. The highest BCUT2D eigenvalue weighted by Gasteiger charge is 2.45. The molecule has 1 aliphatic carbocycles. The molecule has 0 aromatic heterocycles. The van der Waals surface area contributed by atoms with E-state index in [4.69, 9.17) is 4.74 Å². The lowest BCUT2D eigenvalue weighted by atomic mass is 9.89. The first kappa shape index (κ1) is 10.6. The van der Waals surface area contributed by atoms with Crippen molar-refractivity contribution < 1.29 is 14.3 Å². The van der Waals surface area contributed by atoms with Gasteiger partial charge in [0.1, 0.15) is 5.78 Å². The molecule has 0 saturated heterocycles. The molecule has 0 aromatic rings. The van der Waals surface area contributed by atoms with Crippen LogP contribution in [0.5, 0.6) is 0 Å². The molecule has 0 spiro atoms. The van der Waals surface area contributed by atoms with E-state index < -0.39 is 5.41 Å². The van der Waals surface area contributed by atoms with Crippen molar-refractivity contribution in [1.29, 1.82) is 0 Å². The summed E-state index contributed by atoms with van der Waals surface area (Å²) < 4.78 is 4.73. The molecule has 74 valence electrons. The number of esters is 1. The number of ether oxygens (including phenoxy) is 1. The van der Waals surface area contributed by atoms with Gasteiger partial charge in [0.25, 0.3) is 0 Å². The van der Waals surface area contributed by atoms with Crippen LogP contribution in [0.2, 0.25) is 0 Å². The van der Waals surface area contributed by atoms with Crippen molar-refractivity contribution in [3.8, 4) is 0 Å². The quantitative estimate of drug-likeness (QED) is 0.646. The van der Waals surface area contributed by atoms with E-state index in [1.807, 2.05) is 6.26 Å². The van der Waals surface area contributed by atoms with Crippen LogP contribution in [-0.4, -0.2) is 30.9 Å². The Labute approximate surface area is 82.2 Å². The van der Waals surface area contributed by atoms with Crippen molar-refractivity contribution in [3.05, 3.63) is 0 Å². The molecular formula is C9H14O3S. The second-order valence-corrected chi connectivity index (χ2v) is 4.29. The number of carbonyl (C=O) groups excluding carboxylic acids is 2. The number of Topliss-reactive ketones (excluding diaryl/α,β-unsaturated/α-hetero) is 1. The lowest BCUT2D eigenvalue weighted by Crippen LogP contribution is -2.32. The first-order valence-electron chi connectivity index (χ1n) is 4.24. The van der Waals surface area contributed by atoms with E-state index in [0.29, 0.717) is 25.0 Å². The number of hydrogen-bond donors (Lipinski definition) is 0. The Bertz CT molecular complexity index is 227. The third kappa shape index (κ3) is 2.05. The van der Waals surface area contributed by atoms with Crippen LogP contribution in [0.4, 0.5) is 0 Å². The minimum atomic E-state index is -0.523. The predicted octanol–water partition coefficient (Wildman–Crippen LogP) is 1.26. The highest BCUT2D eigenvalue weighted by molar-refractivity contribution is 7.98. The zero-order valence-electron chi connectivity index (χ0n) is 7.96. The van der Waals surface area contributed by atoms with E-state index in [0.717, 1.165) is 0 Å². The molecule has 1 saturated carbocycles. The SMILES string of the molecule is COC(=O)C1(CSC)CCC(=O)C1. The lowest BCUT2D eigenvalue weighted by Gasteiger charge is -2.23. The van der Waals surface area contributed by atoms with Gasteiger partial charge in [-0.1, -0.05) is 0 Å². The Morgan fingerprint density at radius 1 is 1.69 bits per heavy atom. The molecule has 3 nitrogen and oxygen atoms in total. The summed E-state index contributed by atoms with van der Waals surface area (Å²) in [6, 6.07) is 0. The Morgan fingerprint density at radius 2 is 2.38 bits per heavy atom. The van der Waals surface area contributed by atoms with Crippen LogP contribution in [0, 0.1) is 5.41 Å². The largest absolute Gasteiger partial charge is 0.469 e. The van der Waals surface area contributed by atoms with Crippen LogP contribution >= 0.6 is 11.8 Å². The van der Waals surface area contributed by atoms with Crippen LogP contribution in [0.1, 0.15) is 19.3 Å². The second kappa shape index (κ2) is 4.13. The molecule has 1 unspecified atom stereocenters. The first-order chi connectivity index (χ1) is 6.14. The average molecular weight is 202 g/mol. The van der Waals surface area contributed by atoms with Gasteiger partial charge in [0, 0.05) is 18.6 Å². The fraction of sp³-hybridized carbons (Fsp3) is 0.778. The third-order valence-electron chi connectivity index (χ3n) is 2.46. The standard InChI is InChI=1S/C9H14O3S/c1-12-8(11)9(6-13-2)4-3-7(10)5-9/h3-6H2,1-2H3. The molecule has 0 radical (unpaired) electrons. The van der Waals surface area contributed by atoms with Gasteiger partial charge in [0.15, 0.2) is 0 Å². The number of thioether (sulfide) groups is 1. The van der Waals surface area contributed by atoms with Crippen LogP contribution in [0.15, 0.2) is 0 Å². The summed E-state index contributed by atoms with van der Waals surface area (Å²) >= 11 is 1.59. The van der Waals surface area contributed by atoms with Crippen LogP contribution < -0.4 is 0 Å².